The minimum atomic E-state index is 0.434. The van der Waals surface area contributed by atoms with Crippen molar-refractivity contribution in [2.24, 2.45) is 0 Å². The van der Waals surface area contributed by atoms with E-state index >= 15 is 0 Å². The fourth-order valence-electron chi connectivity index (χ4n) is 2.49. The summed E-state index contributed by atoms with van der Waals surface area (Å²) in [4.78, 5) is 0. The summed E-state index contributed by atoms with van der Waals surface area (Å²) in [5, 5.41) is 3.58. The first-order valence-electron chi connectivity index (χ1n) is 7.32. The van der Waals surface area contributed by atoms with Crippen LogP contribution in [0.4, 0.5) is 0 Å². The Labute approximate surface area is 135 Å². The van der Waals surface area contributed by atoms with Gasteiger partial charge in [0.2, 0.25) is 0 Å². The summed E-state index contributed by atoms with van der Waals surface area (Å²) in [5.74, 6) is 0.923. The third kappa shape index (κ3) is 5.18. The van der Waals surface area contributed by atoms with Crippen molar-refractivity contribution in [3.63, 3.8) is 0 Å². The summed E-state index contributed by atoms with van der Waals surface area (Å²) in [6, 6.07) is 17.3. The molecule has 2 aromatic carbocycles. The van der Waals surface area contributed by atoms with Crippen molar-refractivity contribution >= 4 is 15.9 Å². The van der Waals surface area contributed by atoms with Crippen molar-refractivity contribution in [3.05, 3.63) is 64.1 Å². The minimum Gasteiger partial charge on any atom is -0.497 e. The minimum absolute atomic E-state index is 0.434. The van der Waals surface area contributed by atoms with E-state index in [-0.39, 0.29) is 0 Å². The standard InChI is InChI=1S/C18H22BrNO/c1-3-20-17(11-14-7-9-16(19)10-8-14)12-15-5-4-6-18(13-15)21-2/h4-10,13,17,20H,3,11-12H2,1-2H3. The van der Waals surface area contributed by atoms with E-state index < -0.39 is 0 Å². The zero-order valence-electron chi connectivity index (χ0n) is 12.6. The van der Waals surface area contributed by atoms with E-state index in [0.717, 1.165) is 29.6 Å². The van der Waals surface area contributed by atoms with Gasteiger partial charge in [-0.05, 0) is 54.8 Å². The van der Waals surface area contributed by atoms with E-state index in [4.69, 9.17) is 4.74 Å². The fraction of sp³-hybridized carbons (Fsp3) is 0.333. The van der Waals surface area contributed by atoms with Gasteiger partial charge in [-0.2, -0.15) is 0 Å². The molecule has 0 heterocycles. The highest BCUT2D eigenvalue weighted by atomic mass is 79.9. The van der Waals surface area contributed by atoms with Crippen LogP contribution in [-0.2, 0) is 12.8 Å². The number of ether oxygens (including phenoxy) is 1. The second-order valence-corrected chi connectivity index (χ2v) is 6.06. The molecule has 0 radical (unpaired) electrons. The van der Waals surface area contributed by atoms with Crippen LogP contribution in [0.3, 0.4) is 0 Å². The molecular weight excluding hydrogens is 326 g/mol. The molecule has 21 heavy (non-hydrogen) atoms. The SMILES string of the molecule is CCNC(Cc1ccc(Br)cc1)Cc1cccc(OC)c1. The number of likely N-dealkylation sites (N-methyl/N-ethyl adjacent to an activating group) is 1. The number of halogens is 1. The molecule has 0 aliphatic rings. The summed E-state index contributed by atoms with van der Waals surface area (Å²) >= 11 is 3.48. The Bertz CT molecular complexity index is 553. The number of hydrogen-bond acceptors (Lipinski definition) is 2. The van der Waals surface area contributed by atoms with Crippen LogP contribution in [-0.4, -0.2) is 19.7 Å². The van der Waals surface area contributed by atoms with Gasteiger partial charge >= 0.3 is 0 Å². The highest BCUT2D eigenvalue weighted by molar-refractivity contribution is 9.10. The average Bonchev–Trinajstić information content (AvgIpc) is 2.50. The van der Waals surface area contributed by atoms with Gasteiger partial charge in [0, 0.05) is 10.5 Å². The van der Waals surface area contributed by atoms with Gasteiger partial charge in [0.25, 0.3) is 0 Å². The summed E-state index contributed by atoms with van der Waals surface area (Å²) in [5.41, 5.74) is 2.66. The van der Waals surface area contributed by atoms with Crippen LogP contribution >= 0.6 is 15.9 Å². The van der Waals surface area contributed by atoms with Crippen molar-refractivity contribution in [1.29, 1.82) is 0 Å². The first-order chi connectivity index (χ1) is 10.2. The third-order valence-electron chi connectivity index (χ3n) is 3.50. The van der Waals surface area contributed by atoms with Gasteiger partial charge in [-0.3, -0.25) is 0 Å². The summed E-state index contributed by atoms with van der Waals surface area (Å²) < 4.78 is 6.43. The van der Waals surface area contributed by atoms with Crippen molar-refractivity contribution in [1.82, 2.24) is 5.32 Å². The molecule has 1 N–H and O–H groups in total. The van der Waals surface area contributed by atoms with E-state index in [9.17, 15) is 0 Å². The van der Waals surface area contributed by atoms with E-state index in [1.54, 1.807) is 7.11 Å². The van der Waals surface area contributed by atoms with E-state index in [2.05, 4.69) is 70.6 Å². The predicted molar refractivity (Wildman–Crippen MR) is 92.0 cm³/mol. The molecule has 1 atom stereocenters. The third-order valence-corrected chi connectivity index (χ3v) is 4.03. The second-order valence-electron chi connectivity index (χ2n) is 5.14. The highest BCUT2D eigenvalue weighted by Crippen LogP contribution is 2.17. The summed E-state index contributed by atoms with van der Waals surface area (Å²) in [6.45, 7) is 3.13. The maximum atomic E-state index is 5.30. The Balaban J connectivity index is 2.05. The Hall–Kier alpha value is -1.32. The Morgan fingerprint density at radius 1 is 1.05 bits per heavy atom. The van der Waals surface area contributed by atoms with Gasteiger partial charge in [0.1, 0.15) is 5.75 Å². The van der Waals surface area contributed by atoms with Crippen molar-refractivity contribution in [2.45, 2.75) is 25.8 Å². The second kappa shape index (κ2) is 8.20. The Morgan fingerprint density at radius 3 is 2.43 bits per heavy atom. The first kappa shape index (κ1) is 16.1. The van der Waals surface area contributed by atoms with Crippen LogP contribution < -0.4 is 10.1 Å². The van der Waals surface area contributed by atoms with Gasteiger partial charge < -0.3 is 10.1 Å². The monoisotopic (exact) mass is 347 g/mol. The number of hydrogen-bond donors (Lipinski definition) is 1. The largest absolute Gasteiger partial charge is 0.497 e. The molecule has 0 fully saturated rings. The van der Waals surface area contributed by atoms with Gasteiger partial charge in [-0.25, -0.2) is 0 Å². The molecule has 1 unspecified atom stereocenters. The average molecular weight is 348 g/mol. The van der Waals surface area contributed by atoms with Crippen molar-refractivity contribution in [2.75, 3.05) is 13.7 Å². The van der Waals surface area contributed by atoms with E-state index in [0.29, 0.717) is 6.04 Å². The molecule has 0 saturated heterocycles. The maximum Gasteiger partial charge on any atom is 0.119 e. The molecule has 0 spiro atoms. The van der Waals surface area contributed by atoms with E-state index in [1.807, 2.05) is 6.07 Å². The van der Waals surface area contributed by atoms with Gasteiger partial charge in [0.15, 0.2) is 0 Å². The van der Waals surface area contributed by atoms with Crippen LogP contribution in [0, 0.1) is 0 Å². The quantitative estimate of drug-likeness (QED) is 0.809. The van der Waals surface area contributed by atoms with Gasteiger partial charge in [0.05, 0.1) is 7.11 Å². The molecule has 3 heteroatoms. The lowest BCUT2D eigenvalue weighted by atomic mass is 9.99. The van der Waals surface area contributed by atoms with Crippen LogP contribution in [0.15, 0.2) is 53.0 Å². The molecule has 0 saturated carbocycles. The summed E-state index contributed by atoms with van der Waals surface area (Å²) in [7, 11) is 1.71. The van der Waals surface area contributed by atoms with Gasteiger partial charge in [-0.15, -0.1) is 0 Å². The molecule has 2 rings (SSSR count). The van der Waals surface area contributed by atoms with Gasteiger partial charge in [-0.1, -0.05) is 47.1 Å². The van der Waals surface area contributed by atoms with Crippen molar-refractivity contribution in [3.8, 4) is 5.75 Å². The molecule has 0 aromatic heterocycles. The molecule has 0 amide bonds. The Kier molecular flexibility index (Phi) is 6.27. The first-order valence-corrected chi connectivity index (χ1v) is 8.11. The molecule has 2 nitrogen and oxygen atoms in total. The van der Waals surface area contributed by atoms with Crippen LogP contribution in [0.5, 0.6) is 5.75 Å². The zero-order valence-corrected chi connectivity index (χ0v) is 14.2. The lowest BCUT2D eigenvalue weighted by Gasteiger charge is -2.18. The zero-order chi connectivity index (χ0) is 15.1. The molecule has 0 aliphatic carbocycles. The lowest BCUT2D eigenvalue weighted by Crippen LogP contribution is -2.33. The fourth-order valence-corrected chi connectivity index (χ4v) is 2.76. The maximum absolute atomic E-state index is 5.30. The molecule has 0 aliphatic heterocycles. The highest BCUT2D eigenvalue weighted by Gasteiger charge is 2.10. The summed E-state index contributed by atoms with van der Waals surface area (Å²) in [6.07, 6.45) is 2.03. The molecular formula is C18H22BrNO. The predicted octanol–water partition coefficient (Wildman–Crippen LogP) is 4.22. The van der Waals surface area contributed by atoms with Crippen LogP contribution in [0.1, 0.15) is 18.1 Å². The smallest absolute Gasteiger partial charge is 0.119 e. The Morgan fingerprint density at radius 2 is 1.76 bits per heavy atom. The van der Waals surface area contributed by atoms with E-state index in [1.165, 1.54) is 11.1 Å². The number of nitrogens with one attached hydrogen (secondary N) is 1. The van der Waals surface area contributed by atoms with Crippen LogP contribution in [0.2, 0.25) is 0 Å². The topological polar surface area (TPSA) is 21.3 Å². The van der Waals surface area contributed by atoms with Crippen molar-refractivity contribution < 1.29 is 4.74 Å². The number of methoxy groups -OCH3 is 1. The normalized spacial score (nSPS) is 12.1. The van der Waals surface area contributed by atoms with Crippen LogP contribution in [0.25, 0.3) is 0 Å². The molecule has 112 valence electrons. The number of rotatable bonds is 7. The molecule has 0 bridgehead atoms. The lowest BCUT2D eigenvalue weighted by molar-refractivity contribution is 0.413. The molecule has 2 aromatic rings. The number of benzene rings is 2.